The average molecular weight is 482 g/mol. The van der Waals surface area contributed by atoms with E-state index in [4.69, 9.17) is 26.2 Å². The molecule has 0 aromatic carbocycles. The maximum absolute atomic E-state index is 11.8. The molecule has 0 amide bonds. The summed E-state index contributed by atoms with van der Waals surface area (Å²) in [4.78, 5) is 18.2. The van der Waals surface area contributed by atoms with Gasteiger partial charge in [0.25, 0.3) is 5.56 Å². The summed E-state index contributed by atoms with van der Waals surface area (Å²) in [6.07, 6.45) is 4.29. The summed E-state index contributed by atoms with van der Waals surface area (Å²) in [6, 6.07) is 6.12. The fourth-order valence-electron chi connectivity index (χ4n) is 4.74. The lowest BCUT2D eigenvalue weighted by atomic mass is 9.93. The summed E-state index contributed by atoms with van der Waals surface area (Å²) in [5.41, 5.74) is 3.61. The van der Waals surface area contributed by atoms with Crippen LogP contribution in [0.4, 0.5) is 5.69 Å². The van der Waals surface area contributed by atoms with E-state index in [0.29, 0.717) is 44.3 Å². The van der Waals surface area contributed by atoms with Gasteiger partial charge in [-0.3, -0.25) is 9.48 Å². The van der Waals surface area contributed by atoms with Gasteiger partial charge in [0.2, 0.25) is 5.88 Å². The molecule has 2 aliphatic heterocycles. The highest BCUT2D eigenvalue weighted by Gasteiger charge is 2.43. The second-order valence-electron chi connectivity index (χ2n) is 8.77. The van der Waals surface area contributed by atoms with Crippen LogP contribution in [0.5, 0.6) is 5.88 Å². The van der Waals surface area contributed by atoms with Crippen molar-refractivity contribution < 1.29 is 9.47 Å². The smallest absolute Gasteiger partial charge is 0.285 e. The Morgan fingerprint density at radius 2 is 2.24 bits per heavy atom. The van der Waals surface area contributed by atoms with Gasteiger partial charge in [0.15, 0.2) is 0 Å². The van der Waals surface area contributed by atoms with Gasteiger partial charge in [-0.05, 0) is 25.5 Å². The number of rotatable bonds is 6. The third-order valence-corrected chi connectivity index (χ3v) is 6.83. The van der Waals surface area contributed by atoms with Crippen LogP contribution in [-0.4, -0.2) is 57.4 Å². The van der Waals surface area contributed by atoms with Gasteiger partial charge in [-0.1, -0.05) is 11.6 Å². The van der Waals surface area contributed by atoms with Crippen molar-refractivity contribution in [1.29, 1.82) is 5.26 Å². The van der Waals surface area contributed by atoms with Gasteiger partial charge in [0, 0.05) is 36.5 Å². The van der Waals surface area contributed by atoms with Crippen LogP contribution >= 0.6 is 11.6 Å². The van der Waals surface area contributed by atoms with Gasteiger partial charge < -0.3 is 14.4 Å². The van der Waals surface area contributed by atoms with Crippen molar-refractivity contribution in [1.82, 2.24) is 25.0 Å². The summed E-state index contributed by atoms with van der Waals surface area (Å²) in [5, 5.41) is 20.4. The predicted octanol–water partition coefficient (Wildman–Crippen LogP) is 2.60. The summed E-state index contributed by atoms with van der Waals surface area (Å²) in [5.74, 6) is 0.518. The number of pyridine rings is 1. The van der Waals surface area contributed by atoms with E-state index in [2.05, 4.69) is 21.3 Å². The first-order valence-electron chi connectivity index (χ1n) is 11.0. The van der Waals surface area contributed by atoms with E-state index in [1.807, 2.05) is 35.6 Å². The molecule has 11 heteroatoms. The summed E-state index contributed by atoms with van der Waals surface area (Å²) in [7, 11) is 0. The van der Waals surface area contributed by atoms with Crippen LogP contribution in [0.2, 0.25) is 5.02 Å². The molecule has 176 valence electrons. The average Bonchev–Trinajstić information content (AvgIpc) is 3.37. The van der Waals surface area contributed by atoms with Gasteiger partial charge in [-0.15, -0.1) is 0 Å². The lowest BCUT2D eigenvalue weighted by molar-refractivity contribution is -0.105. The number of hydrogen-bond donors (Lipinski definition) is 1. The molecule has 34 heavy (non-hydrogen) atoms. The van der Waals surface area contributed by atoms with E-state index in [9.17, 15) is 10.1 Å². The Hall–Kier alpha value is -3.42. The largest absolute Gasteiger partial charge is 0.472 e. The standard InChI is InChI=1S/C23H24ClN7O3/c1-14-20(15(2)31(29-14)23(5-6-25)12-33-13-23)16-3-7-26-19(9-16)34-17-4-8-30(11-17)18-10-27-28-22(32)21(18)24/h3,7,9-10,17H,4-5,8,11-13H2,1-2H3,(H,28,32)/t17-/m1/s1. The number of aromatic amines is 1. The third kappa shape index (κ3) is 3.81. The lowest BCUT2D eigenvalue weighted by Gasteiger charge is -2.40. The molecule has 5 heterocycles. The van der Waals surface area contributed by atoms with Gasteiger partial charge in [-0.25, -0.2) is 10.1 Å². The Kier molecular flexibility index (Phi) is 5.75. The molecule has 0 spiro atoms. The normalized spacial score (nSPS) is 19.0. The quantitative estimate of drug-likeness (QED) is 0.570. The molecule has 0 unspecified atom stereocenters. The highest BCUT2D eigenvalue weighted by atomic mass is 35.5. The number of aryl methyl sites for hydroxylation is 1. The summed E-state index contributed by atoms with van der Waals surface area (Å²) >= 11 is 6.16. The van der Waals surface area contributed by atoms with Crippen LogP contribution in [0.25, 0.3) is 11.1 Å². The molecule has 0 aliphatic carbocycles. The number of nitriles is 1. The van der Waals surface area contributed by atoms with Gasteiger partial charge >= 0.3 is 0 Å². The molecule has 1 atom stereocenters. The van der Waals surface area contributed by atoms with Crippen LogP contribution in [0.1, 0.15) is 24.2 Å². The van der Waals surface area contributed by atoms with Crippen molar-refractivity contribution in [3.05, 3.63) is 51.3 Å². The molecule has 10 nitrogen and oxygen atoms in total. The van der Waals surface area contributed by atoms with E-state index in [-0.39, 0.29) is 11.1 Å². The summed E-state index contributed by atoms with van der Waals surface area (Å²) in [6.45, 7) is 6.22. The van der Waals surface area contributed by atoms with Crippen LogP contribution < -0.4 is 15.2 Å². The van der Waals surface area contributed by atoms with E-state index in [1.54, 1.807) is 12.4 Å². The topological polar surface area (TPSA) is 122 Å². The van der Waals surface area contributed by atoms with E-state index in [1.165, 1.54) is 0 Å². The number of nitrogens with one attached hydrogen (secondary N) is 1. The Balaban J connectivity index is 1.36. The summed E-state index contributed by atoms with van der Waals surface area (Å²) < 4.78 is 13.6. The second kappa shape index (κ2) is 8.74. The first-order chi connectivity index (χ1) is 16.4. The van der Waals surface area contributed by atoms with Crippen molar-refractivity contribution in [3.8, 4) is 23.1 Å². The van der Waals surface area contributed by atoms with E-state index < -0.39 is 11.1 Å². The molecule has 2 aliphatic rings. The zero-order chi connectivity index (χ0) is 23.9. The Bertz CT molecular complexity index is 1320. The first-order valence-corrected chi connectivity index (χ1v) is 11.4. The number of H-pyrrole nitrogens is 1. The maximum atomic E-state index is 11.8. The monoisotopic (exact) mass is 481 g/mol. The van der Waals surface area contributed by atoms with Crippen LogP contribution in [-0.2, 0) is 10.3 Å². The van der Waals surface area contributed by atoms with Crippen LogP contribution in [0.15, 0.2) is 29.3 Å². The highest BCUT2D eigenvalue weighted by molar-refractivity contribution is 6.33. The number of hydrogen-bond acceptors (Lipinski definition) is 8. The lowest BCUT2D eigenvalue weighted by Crippen LogP contribution is -2.52. The predicted molar refractivity (Wildman–Crippen MR) is 125 cm³/mol. The Morgan fingerprint density at radius 1 is 1.41 bits per heavy atom. The first kappa shape index (κ1) is 22.4. The molecule has 0 saturated carbocycles. The van der Waals surface area contributed by atoms with E-state index >= 15 is 0 Å². The minimum absolute atomic E-state index is 0.103. The van der Waals surface area contributed by atoms with Gasteiger partial charge in [0.05, 0.1) is 49.8 Å². The van der Waals surface area contributed by atoms with Crippen molar-refractivity contribution >= 4 is 17.3 Å². The van der Waals surface area contributed by atoms with Crippen molar-refractivity contribution in [3.63, 3.8) is 0 Å². The van der Waals surface area contributed by atoms with Crippen LogP contribution in [0, 0.1) is 25.2 Å². The molecule has 5 rings (SSSR count). The molecule has 2 saturated heterocycles. The highest BCUT2D eigenvalue weighted by Crippen LogP contribution is 2.36. The van der Waals surface area contributed by atoms with Gasteiger partial charge in [-0.2, -0.15) is 15.5 Å². The molecule has 3 aromatic heterocycles. The van der Waals surface area contributed by atoms with Crippen molar-refractivity contribution in [2.75, 3.05) is 31.2 Å². The van der Waals surface area contributed by atoms with E-state index in [0.717, 1.165) is 28.9 Å². The Labute approximate surface area is 201 Å². The molecule has 2 fully saturated rings. The number of aromatic nitrogens is 5. The van der Waals surface area contributed by atoms with Gasteiger partial charge in [0.1, 0.15) is 16.7 Å². The van der Waals surface area contributed by atoms with Crippen molar-refractivity contribution in [2.45, 2.75) is 38.3 Å². The van der Waals surface area contributed by atoms with Crippen LogP contribution in [0.3, 0.4) is 0 Å². The SMILES string of the molecule is Cc1nn(C2(CC#N)COC2)c(C)c1-c1ccnc(O[C@@H]2CCN(c3cn[nH]c(=O)c3Cl)C2)c1. The molecular formula is C23H24ClN7O3. The zero-order valence-electron chi connectivity index (χ0n) is 18.9. The molecule has 0 radical (unpaired) electrons. The molecular weight excluding hydrogens is 458 g/mol. The third-order valence-electron chi connectivity index (χ3n) is 6.46. The molecule has 1 N–H and O–H groups in total. The minimum atomic E-state index is -0.408. The number of ether oxygens (including phenoxy) is 2. The fourth-order valence-corrected chi connectivity index (χ4v) is 4.95. The maximum Gasteiger partial charge on any atom is 0.285 e. The molecule has 3 aromatic rings. The number of nitrogens with zero attached hydrogens (tertiary/aromatic N) is 6. The second-order valence-corrected chi connectivity index (χ2v) is 9.14. The zero-order valence-corrected chi connectivity index (χ0v) is 19.7. The Morgan fingerprint density at radius 3 is 2.97 bits per heavy atom. The van der Waals surface area contributed by atoms with Crippen molar-refractivity contribution in [2.24, 2.45) is 0 Å². The minimum Gasteiger partial charge on any atom is -0.472 e. The number of anilines is 1. The number of halogens is 1. The molecule has 0 bridgehead atoms. The fraction of sp³-hybridized carbons (Fsp3) is 0.435.